The first kappa shape index (κ1) is 10.4. The lowest BCUT2D eigenvalue weighted by Gasteiger charge is -2.35. The quantitative estimate of drug-likeness (QED) is 0.802. The molecule has 0 aromatic carbocycles. The van der Waals surface area contributed by atoms with Crippen LogP contribution in [-0.4, -0.2) is 30.1 Å². The van der Waals surface area contributed by atoms with E-state index in [1.54, 1.807) is 0 Å². The van der Waals surface area contributed by atoms with Gasteiger partial charge in [-0.3, -0.25) is 0 Å². The number of rotatable bonds is 1. The maximum Gasteiger partial charge on any atom is 0.101 e. The zero-order chi connectivity index (χ0) is 10.2. The Labute approximate surface area is 93.1 Å². The van der Waals surface area contributed by atoms with E-state index in [0.717, 1.165) is 35.1 Å². The number of hydrogen-bond donors (Lipinski definition) is 1. The minimum atomic E-state index is -0.635. The summed E-state index contributed by atoms with van der Waals surface area (Å²) in [5.41, 5.74) is -0.635. The number of piperidine rings is 1. The maximum absolute atomic E-state index is 10.4. The predicted molar refractivity (Wildman–Crippen MR) is 60.0 cm³/mol. The van der Waals surface area contributed by atoms with Gasteiger partial charge in [-0.2, -0.15) is 0 Å². The second-order valence-corrected chi connectivity index (χ2v) is 5.65. The van der Waals surface area contributed by atoms with Crippen LogP contribution in [0.3, 0.4) is 0 Å². The van der Waals surface area contributed by atoms with E-state index in [9.17, 15) is 5.11 Å². The Morgan fingerprint density at radius 2 is 2.07 bits per heavy atom. The average Bonchev–Trinajstić information content (AvgIpc) is 2.58. The van der Waals surface area contributed by atoms with Crippen molar-refractivity contribution in [2.75, 3.05) is 20.1 Å². The molecule has 1 aliphatic rings. The van der Waals surface area contributed by atoms with Crippen LogP contribution in [0.1, 0.15) is 17.7 Å². The molecule has 1 N–H and O–H groups in total. The average molecular weight is 232 g/mol. The third kappa shape index (κ3) is 1.96. The summed E-state index contributed by atoms with van der Waals surface area (Å²) in [7, 11) is 2.08. The molecule has 78 valence electrons. The van der Waals surface area contributed by atoms with Gasteiger partial charge in [0.15, 0.2) is 0 Å². The maximum atomic E-state index is 10.4. The summed E-state index contributed by atoms with van der Waals surface area (Å²) < 4.78 is 0.757. The van der Waals surface area contributed by atoms with Gasteiger partial charge in [-0.15, -0.1) is 11.3 Å². The summed E-state index contributed by atoms with van der Waals surface area (Å²) >= 11 is 7.36. The Balaban J connectivity index is 2.16. The third-order valence-electron chi connectivity index (χ3n) is 2.85. The van der Waals surface area contributed by atoms with Crippen LogP contribution in [-0.2, 0) is 5.60 Å². The van der Waals surface area contributed by atoms with Crippen LogP contribution in [0.2, 0.25) is 4.34 Å². The van der Waals surface area contributed by atoms with Crippen LogP contribution in [0, 0.1) is 0 Å². The van der Waals surface area contributed by atoms with Gasteiger partial charge in [-0.25, -0.2) is 0 Å². The highest BCUT2D eigenvalue weighted by molar-refractivity contribution is 7.16. The molecule has 2 heterocycles. The molecule has 2 nitrogen and oxygen atoms in total. The molecule has 1 aromatic rings. The van der Waals surface area contributed by atoms with E-state index < -0.39 is 5.60 Å². The zero-order valence-electron chi connectivity index (χ0n) is 8.16. The molecule has 4 heteroatoms. The number of halogens is 1. The van der Waals surface area contributed by atoms with Crippen LogP contribution < -0.4 is 0 Å². The smallest absolute Gasteiger partial charge is 0.101 e. The van der Waals surface area contributed by atoms with Gasteiger partial charge in [-0.05, 0) is 32.0 Å². The van der Waals surface area contributed by atoms with Gasteiger partial charge in [0, 0.05) is 18.0 Å². The van der Waals surface area contributed by atoms with Gasteiger partial charge in [0.1, 0.15) is 5.60 Å². The van der Waals surface area contributed by atoms with Crippen molar-refractivity contribution in [2.45, 2.75) is 18.4 Å². The van der Waals surface area contributed by atoms with E-state index in [-0.39, 0.29) is 0 Å². The molecule has 14 heavy (non-hydrogen) atoms. The molecule has 0 bridgehead atoms. The van der Waals surface area contributed by atoms with Crippen LogP contribution in [0.4, 0.5) is 0 Å². The lowest BCUT2D eigenvalue weighted by atomic mass is 9.90. The minimum Gasteiger partial charge on any atom is -0.384 e. The fraction of sp³-hybridized carbons (Fsp3) is 0.600. The van der Waals surface area contributed by atoms with Gasteiger partial charge in [0.25, 0.3) is 0 Å². The van der Waals surface area contributed by atoms with E-state index in [2.05, 4.69) is 11.9 Å². The highest BCUT2D eigenvalue weighted by atomic mass is 35.5. The van der Waals surface area contributed by atoms with E-state index in [0.29, 0.717) is 0 Å². The van der Waals surface area contributed by atoms with Crippen molar-refractivity contribution in [1.29, 1.82) is 0 Å². The topological polar surface area (TPSA) is 23.5 Å². The second-order valence-electron chi connectivity index (χ2n) is 3.94. The molecule has 0 amide bonds. The molecule has 1 aliphatic heterocycles. The molecule has 2 rings (SSSR count). The molecule has 1 saturated heterocycles. The molecular weight excluding hydrogens is 218 g/mol. The van der Waals surface area contributed by atoms with Crippen LogP contribution >= 0.6 is 22.9 Å². The predicted octanol–water partition coefficient (Wildman–Crippen LogP) is 2.31. The Morgan fingerprint density at radius 3 is 2.57 bits per heavy atom. The number of thiophene rings is 1. The van der Waals surface area contributed by atoms with Crippen molar-refractivity contribution in [3.63, 3.8) is 0 Å². The standard InChI is InChI=1S/C10H14ClNOS/c1-12-6-4-10(13,5-7-12)8-2-3-9(11)14-8/h2-3,13H,4-7H2,1H3. The number of nitrogens with zero attached hydrogens (tertiary/aromatic N) is 1. The van der Waals surface area contributed by atoms with E-state index in [1.165, 1.54) is 11.3 Å². The number of aliphatic hydroxyl groups is 1. The van der Waals surface area contributed by atoms with Crippen LogP contribution in [0.25, 0.3) is 0 Å². The van der Waals surface area contributed by atoms with E-state index >= 15 is 0 Å². The molecule has 0 unspecified atom stereocenters. The first-order valence-corrected chi connectivity index (χ1v) is 5.96. The van der Waals surface area contributed by atoms with Crippen molar-refractivity contribution in [1.82, 2.24) is 4.90 Å². The number of likely N-dealkylation sites (tertiary alicyclic amines) is 1. The Bertz CT molecular complexity index is 318. The van der Waals surface area contributed by atoms with Crippen molar-refractivity contribution < 1.29 is 5.11 Å². The fourth-order valence-corrected chi connectivity index (χ4v) is 2.99. The summed E-state index contributed by atoms with van der Waals surface area (Å²) in [5, 5.41) is 10.4. The Kier molecular flexibility index (Phi) is 2.84. The molecule has 0 radical (unpaired) electrons. The van der Waals surface area contributed by atoms with Crippen molar-refractivity contribution in [3.05, 3.63) is 21.3 Å². The highest BCUT2D eigenvalue weighted by Gasteiger charge is 2.34. The lowest BCUT2D eigenvalue weighted by molar-refractivity contribution is -0.0172. The summed E-state index contributed by atoms with van der Waals surface area (Å²) in [6, 6.07) is 3.80. The van der Waals surface area contributed by atoms with Gasteiger partial charge in [0.05, 0.1) is 4.34 Å². The van der Waals surface area contributed by atoms with Crippen molar-refractivity contribution >= 4 is 22.9 Å². The van der Waals surface area contributed by atoms with Crippen LogP contribution in [0.15, 0.2) is 12.1 Å². The summed E-state index contributed by atoms with van der Waals surface area (Å²) in [6.45, 7) is 1.90. The molecule has 0 spiro atoms. The Hall–Kier alpha value is -0.0900. The molecule has 0 saturated carbocycles. The third-order valence-corrected chi connectivity index (χ3v) is 4.27. The van der Waals surface area contributed by atoms with Gasteiger partial charge in [-0.1, -0.05) is 11.6 Å². The van der Waals surface area contributed by atoms with Gasteiger partial charge in [0.2, 0.25) is 0 Å². The second kappa shape index (κ2) is 3.81. The molecule has 0 atom stereocenters. The molecule has 1 aromatic heterocycles. The lowest BCUT2D eigenvalue weighted by Crippen LogP contribution is -2.40. The zero-order valence-corrected chi connectivity index (χ0v) is 9.74. The monoisotopic (exact) mass is 231 g/mol. The van der Waals surface area contributed by atoms with E-state index in [4.69, 9.17) is 11.6 Å². The summed E-state index contributed by atoms with van der Waals surface area (Å²) in [6.07, 6.45) is 1.61. The minimum absolute atomic E-state index is 0.635. The SMILES string of the molecule is CN1CCC(O)(c2ccc(Cl)s2)CC1. The fourth-order valence-electron chi connectivity index (χ4n) is 1.80. The summed E-state index contributed by atoms with van der Waals surface area (Å²) in [5.74, 6) is 0. The largest absolute Gasteiger partial charge is 0.384 e. The van der Waals surface area contributed by atoms with Gasteiger partial charge >= 0.3 is 0 Å². The highest BCUT2D eigenvalue weighted by Crippen LogP contribution is 2.37. The Morgan fingerprint density at radius 1 is 1.43 bits per heavy atom. The number of hydrogen-bond acceptors (Lipinski definition) is 3. The van der Waals surface area contributed by atoms with Crippen LogP contribution in [0.5, 0.6) is 0 Å². The van der Waals surface area contributed by atoms with E-state index in [1.807, 2.05) is 12.1 Å². The van der Waals surface area contributed by atoms with Crippen molar-refractivity contribution in [2.24, 2.45) is 0 Å². The molecule has 0 aliphatic carbocycles. The first-order valence-electron chi connectivity index (χ1n) is 4.77. The van der Waals surface area contributed by atoms with Gasteiger partial charge < -0.3 is 10.0 Å². The van der Waals surface area contributed by atoms with Crippen molar-refractivity contribution in [3.8, 4) is 0 Å². The molecular formula is C10H14ClNOS. The summed E-state index contributed by atoms with van der Waals surface area (Å²) in [4.78, 5) is 3.25. The normalized spacial score (nSPS) is 22.5. The first-order chi connectivity index (χ1) is 6.60. The molecule has 1 fully saturated rings.